The number of hydrogen-bond donors (Lipinski definition) is 2. The summed E-state index contributed by atoms with van der Waals surface area (Å²) in [5.74, 6) is 1.26. The number of hydrogen-bond acceptors (Lipinski definition) is 4. The van der Waals surface area contributed by atoms with Crippen LogP contribution in [0.4, 0.5) is 11.6 Å². The number of aromatic nitrogens is 4. The highest BCUT2D eigenvalue weighted by atomic mass is 35.5. The van der Waals surface area contributed by atoms with Gasteiger partial charge in [0.2, 0.25) is 5.28 Å². The van der Waals surface area contributed by atoms with Gasteiger partial charge >= 0.3 is 0 Å². The van der Waals surface area contributed by atoms with E-state index in [1.165, 1.54) is 0 Å². The molecule has 0 atom stereocenters. The summed E-state index contributed by atoms with van der Waals surface area (Å²) in [6.07, 6.45) is 5.56. The van der Waals surface area contributed by atoms with E-state index in [0.29, 0.717) is 11.6 Å². The molecule has 104 valence electrons. The van der Waals surface area contributed by atoms with Gasteiger partial charge in [0.15, 0.2) is 5.82 Å². The van der Waals surface area contributed by atoms with Crippen LogP contribution in [0.25, 0.3) is 12.2 Å². The van der Waals surface area contributed by atoms with E-state index in [-0.39, 0.29) is 5.28 Å². The molecule has 0 fully saturated rings. The minimum absolute atomic E-state index is 0.194. The second kappa shape index (κ2) is 6.19. The van der Waals surface area contributed by atoms with E-state index in [0.717, 1.165) is 11.3 Å². The first-order valence-corrected chi connectivity index (χ1v) is 6.71. The van der Waals surface area contributed by atoms with Crippen molar-refractivity contribution in [3.63, 3.8) is 0 Å². The summed E-state index contributed by atoms with van der Waals surface area (Å²) in [7, 11) is 0. The standard InChI is InChI=1S/C15H12ClN5/c16-15-17-9-8-13(19-15)18-14-10-12(20-21-14)7-6-11-4-2-1-3-5-11/h1-10H,(H2,17,18,19,20,21). The summed E-state index contributed by atoms with van der Waals surface area (Å²) in [5, 5.41) is 10.3. The number of nitrogens with one attached hydrogen (secondary N) is 2. The molecule has 2 aromatic heterocycles. The van der Waals surface area contributed by atoms with Crippen LogP contribution in [-0.4, -0.2) is 20.2 Å². The zero-order valence-electron chi connectivity index (χ0n) is 11.0. The molecular weight excluding hydrogens is 286 g/mol. The molecule has 2 N–H and O–H groups in total. The highest BCUT2D eigenvalue weighted by molar-refractivity contribution is 6.28. The van der Waals surface area contributed by atoms with Crippen molar-refractivity contribution < 1.29 is 0 Å². The van der Waals surface area contributed by atoms with Gasteiger partial charge in [0.05, 0.1) is 5.69 Å². The van der Waals surface area contributed by atoms with E-state index in [1.807, 2.05) is 48.6 Å². The van der Waals surface area contributed by atoms with Crippen molar-refractivity contribution in [3.8, 4) is 0 Å². The van der Waals surface area contributed by atoms with E-state index in [4.69, 9.17) is 11.6 Å². The van der Waals surface area contributed by atoms with E-state index in [9.17, 15) is 0 Å². The third-order valence-corrected chi connectivity index (χ3v) is 2.92. The van der Waals surface area contributed by atoms with Crippen LogP contribution >= 0.6 is 11.6 Å². The summed E-state index contributed by atoms with van der Waals surface area (Å²) >= 11 is 5.73. The Labute approximate surface area is 126 Å². The van der Waals surface area contributed by atoms with Crippen molar-refractivity contribution >= 4 is 35.4 Å². The average molecular weight is 298 g/mol. The van der Waals surface area contributed by atoms with Gasteiger partial charge < -0.3 is 5.32 Å². The van der Waals surface area contributed by atoms with Gasteiger partial charge in [0.25, 0.3) is 0 Å². The predicted molar refractivity (Wildman–Crippen MR) is 84.3 cm³/mol. The van der Waals surface area contributed by atoms with Crippen LogP contribution in [-0.2, 0) is 0 Å². The quantitative estimate of drug-likeness (QED) is 0.719. The third-order valence-electron chi connectivity index (χ3n) is 2.73. The minimum atomic E-state index is 0.194. The molecule has 0 saturated carbocycles. The molecule has 0 spiro atoms. The fourth-order valence-electron chi connectivity index (χ4n) is 1.77. The second-order valence-electron chi connectivity index (χ2n) is 4.29. The van der Waals surface area contributed by atoms with Crippen molar-refractivity contribution in [2.24, 2.45) is 0 Å². The SMILES string of the molecule is Clc1nccc(Nc2cc(C=Cc3ccccc3)[nH]n2)n1. The van der Waals surface area contributed by atoms with Crippen molar-refractivity contribution in [1.29, 1.82) is 0 Å². The number of nitrogens with zero attached hydrogens (tertiary/aromatic N) is 3. The zero-order chi connectivity index (χ0) is 14.5. The van der Waals surface area contributed by atoms with Gasteiger partial charge in [-0.25, -0.2) is 9.97 Å². The number of benzene rings is 1. The topological polar surface area (TPSA) is 66.5 Å². The van der Waals surface area contributed by atoms with Crippen LogP contribution in [0.15, 0.2) is 48.7 Å². The molecule has 6 heteroatoms. The van der Waals surface area contributed by atoms with Crippen LogP contribution in [0.5, 0.6) is 0 Å². The largest absolute Gasteiger partial charge is 0.323 e. The van der Waals surface area contributed by atoms with Crippen molar-refractivity contribution in [2.75, 3.05) is 5.32 Å². The first kappa shape index (κ1) is 13.3. The lowest BCUT2D eigenvalue weighted by molar-refractivity contribution is 1.08. The van der Waals surface area contributed by atoms with Crippen LogP contribution < -0.4 is 5.32 Å². The number of anilines is 2. The summed E-state index contributed by atoms with van der Waals surface area (Å²) in [4.78, 5) is 7.87. The summed E-state index contributed by atoms with van der Waals surface area (Å²) < 4.78 is 0. The lowest BCUT2D eigenvalue weighted by Gasteiger charge is -1.99. The number of aromatic amines is 1. The molecule has 0 bridgehead atoms. The Morgan fingerprint density at radius 3 is 2.71 bits per heavy atom. The molecule has 0 saturated heterocycles. The molecule has 0 amide bonds. The molecule has 3 rings (SSSR count). The smallest absolute Gasteiger partial charge is 0.224 e. The normalized spacial score (nSPS) is 10.9. The summed E-state index contributed by atoms with van der Waals surface area (Å²) in [6, 6.07) is 13.7. The maximum absolute atomic E-state index is 5.73. The summed E-state index contributed by atoms with van der Waals surface area (Å²) in [6.45, 7) is 0. The van der Waals surface area contributed by atoms with Crippen molar-refractivity contribution in [1.82, 2.24) is 20.2 Å². The molecule has 0 aliphatic heterocycles. The van der Waals surface area contributed by atoms with E-state index in [1.54, 1.807) is 12.3 Å². The van der Waals surface area contributed by atoms with Gasteiger partial charge in [0.1, 0.15) is 5.82 Å². The van der Waals surface area contributed by atoms with Gasteiger partial charge in [-0.2, -0.15) is 5.10 Å². The first-order valence-electron chi connectivity index (χ1n) is 6.34. The van der Waals surface area contributed by atoms with Crippen molar-refractivity contribution in [2.45, 2.75) is 0 Å². The maximum atomic E-state index is 5.73. The van der Waals surface area contributed by atoms with E-state index < -0.39 is 0 Å². The van der Waals surface area contributed by atoms with Gasteiger partial charge in [-0.15, -0.1) is 0 Å². The maximum Gasteiger partial charge on any atom is 0.224 e. The van der Waals surface area contributed by atoms with Gasteiger partial charge in [-0.1, -0.05) is 36.4 Å². The number of rotatable bonds is 4. The lowest BCUT2D eigenvalue weighted by Crippen LogP contribution is -1.94. The highest BCUT2D eigenvalue weighted by Gasteiger charge is 2.01. The van der Waals surface area contributed by atoms with Gasteiger partial charge in [-0.3, -0.25) is 5.10 Å². The molecule has 3 aromatic rings. The highest BCUT2D eigenvalue weighted by Crippen LogP contribution is 2.15. The number of H-pyrrole nitrogens is 1. The molecule has 2 heterocycles. The Kier molecular flexibility index (Phi) is 3.93. The molecule has 5 nitrogen and oxygen atoms in total. The Bertz CT molecular complexity index is 752. The Morgan fingerprint density at radius 2 is 1.90 bits per heavy atom. The monoisotopic (exact) mass is 297 g/mol. The average Bonchev–Trinajstić information content (AvgIpc) is 2.94. The molecule has 0 radical (unpaired) electrons. The first-order chi connectivity index (χ1) is 10.3. The second-order valence-corrected chi connectivity index (χ2v) is 4.63. The number of halogens is 1. The molecule has 0 unspecified atom stereocenters. The molecule has 21 heavy (non-hydrogen) atoms. The zero-order valence-corrected chi connectivity index (χ0v) is 11.7. The van der Waals surface area contributed by atoms with Crippen LogP contribution in [0, 0.1) is 0 Å². The van der Waals surface area contributed by atoms with Gasteiger partial charge in [-0.05, 0) is 29.3 Å². The lowest BCUT2D eigenvalue weighted by atomic mass is 10.2. The van der Waals surface area contributed by atoms with Crippen LogP contribution in [0.3, 0.4) is 0 Å². The van der Waals surface area contributed by atoms with E-state index in [2.05, 4.69) is 25.5 Å². The molecular formula is C15H12ClN5. The van der Waals surface area contributed by atoms with E-state index >= 15 is 0 Å². The Morgan fingerprint density at radius 1 is 1.05 bits per heavy atom. The Balaban J connectivity index is 1.70. The van der Waals surface area contributed by atoms with Crippen molar-refractivity contribution in [3.05, 3.63) is 65.2 Å². The van der Waals surface area contributed by atoms with Crippen LogP contribution in [0.2, 0.25) is 5.28 Å². The third kappa shape index (κ3) is 3.67. The molecule has 1 aromatic carbocycles. The fourth-order valence-corrected chi connectivity index (χ4v) is 1.92. The predicted octanol–water partition coefficient (Wildman–Crippen LogP) is 3.77. The van der Waals surface area contributed by atoms with Crippen LogP contribution in [0.1, 0.15) is 11.3 Å². The minimum Gasteiger partial charge on any atom is -0.323 e. The Hall–Kier alpha value is -2.66. The summed E-state index contributed by atoms with van der Waals surface area (Å²) in [5.41, 5.74) is 2.02. The molecule has 0 aliphatic carbocycles. The van der Waals surface area contributed by atoms with Gasteiger partial charge in [0, 0.05) is 12.3 Å². The fraction of sp³-hybridized carbons (Fsp3) is 0. The molecule has 0 aliphatic rings.